The van der Waals surface area contributed by atoms with Crippen molar-refractivity contribution in [1.82, 2.24) is 10.1 Å². The van der Waals surface area contributed by atoms with Gasteiger partial charge >= 0.3 is 0 Å². The summed E-state index contributed by atoms with van der Waals surface area (Å²) in [5.74, 6) is 2.30. The molecule has 2 heterocycles. The summed E-state index contributed by atoms with van der Waals surface area (Å²) in [4.78, 5) is 4.36. The third kappa shape index (κ3) is 2.82. The van der Waals surface area contributed by atoms with E-state index in [0.717, 1.165) is 24.6 Å². The lowest BCUT2D eigenvalue weighted by molar-refractivity contribution is 0.192. The van der Waals surface area contributed by atoms with E-state index < -0.39 is 0 Å². The second-order valence-corrected chi connectivity index (χ2v) is 5.14. The molecule has 20 heavy (non-hydrogen) atoms. The molecule has 1 fully saturated rings. The molecule has 1 aliphatic heterocycles. The fourth-order valence-electron chi connectivity index (χ4n) is 2.18. The van der Waals surface area contributed by atoms with Crippen LogP contribution in [0, 0.1) is 13.8 Å². The van der Waals surface area contributed by atoms with Gasteiger partial charge in [-0.05, 0) is 43.5 Å². The number of aryl methyl sites for hydroxylation is 2. The molecule has 0 bridgehead atoms. The molecule has 0 N–H and O–H groups in total. The topological polar surface area (TPSA) is 57.4 Å². The Labute approximate surface area is 117 Å². The van der Waals surface area contributed by atoms with Gasteiger partial charge in [-0.15, -0.1) is 0 Å². The van der Waals surface area contributed by atoms with Crippen molar-refractivity contribution in [3.63, 3.8) is 0 Å². The van der Waals surface area contributed by atoms with Crippen LogP contribution in [-0.4, -0.2) is 23.4 Å². The summed E-state index contributed by atoms with van der Waals surface area (Å²) in [6, 6.07) is 6.00. The fourth-order valence-corrected chi connectivity index (χ4v) is 2.18. The standard InChI is InChI=1S/C15H18N2O3/c1-10-3-4-13(7-11(10)2)19-9-14-16-15(17-20-14)12-5-6-18-8-12/h3-4,7,12H,5-6,8-9H2,1-2H3. The van der Waals surface area contributed by atoms with E-state index in [-0.39, 0.29) is 5.92 Å². The summed E-state index contributed by atoms with van der Waals surface area (Å²) in [7, 11) is 0. The first-order valence-electron chi connectivity index (χ1n) is 6.82. The molecule has 1 aliphatic rings. The summed E-state index contributed by atoms with van der Waals surface area (Å²) in [5, 5.41) is 4.00. The van der Waals surface area contributed by atoms with E-state index in [1.54, 1.807) is 0 Å². The van der Waals surface area contributed by atoms with Crippen molar-refractivity contribution in [2.45, 2.75) is 32.8 Å². The van der Waals surface area contributed by atoms with Crippen LogP contribution in [0.3, 0.4) is 0 Å². The Kier molecular flexibility index (Phi) is 3.69. The largest absolute Gasteiger partial charge is 0.484 e. The average Bonchev–Trinajstić information content (AvgIpc) is 3.09. The Morgan fingerprint density at radius 3 is 2.95 bits per heavy atom. The SMILES string of the molecule is Cc1ccc(OCc2nc(C3CCOC3)no2)cc1C. The van der Waals surface area contributed by atoms with Crippen molar-refractivity contribution < 1.29 is 14.0 Å². The molecular weight excluding hydrogens is 256 g/mol. The molecule has 0 aliphatic carbocycles. The van der Waals surface area contributed by atoms with Crippen molar-refractivity contribution in [1.29, 1.82) is 0 Å². The molecular formula is C15H18N2O3. The minimum atomic E-state index is 0.258. The number of hydrogen-bond acceptors (Lipinski definition) is 5. The first kappa shape index (κ1) is 13.1. The van der Waals surface area contributed by atoms with Gasteiger partial charge < -0.3 is 14.0 Å². The van der Waals surface area contributed by atoms with Gasteiger partial charge in [-0.2, -0.15) is 4.98 Å². The van der Waals surface area contributed by atoms with E-state index in [9.17, 15) is 0 Å². The Morgan fingerprint density at radius 1 is 1.30 bits per heavy atom. The molecule has 5 heteroatoms. The van der Waals surface area contributed by atoms with Crippen molar-refractivity contribution in [3.8, 4) is 5.75 Å². The maximum atomic E-state index is 5.68. The minimum Gasteiger partial charge on any atom is -0.484 e. The molecule has 0 amide bonds. The molecule has 1 aromatic carbocycles. The smallest absolute Gasteiger partial charge is 0.264 e. The second-order valence-electron chi connectivity index (χ2n) is 5.14. The van der Waals surface area contributed by atoms with Crippen LogP contribution in [0.5, 0.6) is 5.75 Å². The third-order valence-electron chi connectivity index (χ3n) is 3.62. The van der Waals surface area contributed by atoms with Crippen LogP contribution in [0.15, 0.2) is 22.7 Å². The van der Waals surface area contributed by atoms with E-state index >= 15 is 0 Å². The first-order chi connectivity index (χ1) is 9.72. The predicted molar refractivity (Wildman–Crippen MR) is 72.7 cm³/mol. The maximum Gasteiger partial charge on any atom is 0.264 e. The average molecular weight is 274 g/mol. The Balaban J connectivity index is 1.61. The van der Waals surface area contributed by atoms with Gasteiger partial charge in [-0.25, -0.2) is 0 Å². The van der Waals surface area contributed by atoms with Gasteiger partial charge in [0.05, 0.1) is 6.61 Å². The second kappa shape index (κ2) is 5.63. The summed E-state index contributed by atoms with van der Waals surface area (Å²) in [5.41, 5.74) is 2.45. The molecule has 0 saturated carbocycles. The zero-order valence-electron chi connectivity index (χ0n) is 11.8. The fraction of sp³-hybridized carbons (Fsp3) is 0.467. The Bertz CT molecular complexity index is 589. The quantitative estimate of drug-likeness (QED) is 0.858. The molecule has 1 saturated heterocycles. The van der Waals surface area contributed by atoms with Crippen LogP contribution in [-0.2, 0) is 11.3 Å². The van der Waals surface area contributed by atoms with Crippen molar-refractivity contribution in [2.24, 2.45) is 0 Å². The van der Waals surface area contributed by atoms with Gasteiger partial charge in [-0.1, -0.05) is 11.2 Å². The van der Waals surface area contributed by atoms with Crippen molar-refractivity contribution in [3.05, 3.63) is 41.0 Å². The number of ether oxygens (including phenoxy) is 2. The number of hydrogen-bond donors (Lipinski definition) is 0. The number of rotatable bonds is 4. The lowest BCUT2D eigenvalue weighted by Gasteiger charge is -2.05. The third-order valence-corrected chi connectivity index (χ3v) is 3.62. The van der Waals surface area contributed by atoms with Gasteiger partial charge in [0.25, 0.3) is 5.89 Å². The van der Waals surface area contributed by atoms with Crippen LogP contribution in [0.1, 0.15) is 35.2 Å². The highest BCUT2D eigenvalue weighted by molar-refractivity contribution is 5.33. The number of aromatic nitrogens is 2. The van der Waals surface area contributed by atoms with E-state index in [4.69, 9.17) is 14.0 Å². The Morgan fingerprint density at radius 2 is 2.20 bits per heavy atom. The highest BCUT2D eigenvalue weighted by Crippen LogP contribution is 2.23. The molecule has 106 valence electrons. The normalized spacial score (nSPS) is 18.4. The molecule has 1 atom stereocenters. The van der Waals surface area contributed by atoms with Crippen molar-refractivity contribution in [2.75, 3.05) is 13.2 Å². The van der Waals surface area contributed by atoms with E-state index in [2.05, 4.69) is 24.0 Å². The molecule has 0 radical (unpaired) electrons. The monoisotopic (exact) mass is 274 g/mol. The molecule has 1 aromatic heterocycles. The van der Waals surface area contributed by atoms with Gasteiger partial charge in [0.1, 0.15) is 5.75 Å². The van der Waals surface area contributed by atoms with Crippen LogP contribution in [0.2, 0.25) is 0 Å². The van der Waals surface area contributed by atoms with Crippen LogP contribution < -0.4 is 4.74 Å². The Hall–Kier alpha value is -1.88. The van der Waals surface area contributed by atoms with Crippen LogP contribution in [0.25, 0.3) is 0 Å². The predicted octanol–water partition coefficient (Wildman–Crippen LogP) is 2.77. The summed E-state index contributed by atoms with van der Waals surface area (Å²) in [6.07, 6.45) is 0.955. The van der Waals surface area contributed by atoms with E-state index in [1.165, 1.54) is 11.1 Å². The zero-order chi connectivity index (χ0) is 13.9. The molecule has 1 unspecified atom stereocenters. The first-order valence-corrected chi connectivity index (χ1v) is 6.82. The van der Waals surface area contributed by atoms with Crippen molar-refractivity contribution >= 4 is 0 Å². The number of nitrogens with zero attached hydrogens (tertiary/aromatic N) is 2. The molecule has 0 spiro atoms. The highest BCUT2D eigenvalue weighted by Gasteiger charge is 2.23. The van der Waals surface area contributed by atoms with E-state index in [0.29, 0.717) is 19.1 Å². The lowest BCUT2D eigenvalue weighted by Crippen LogP contribution is -2.01. The van der Waals surface area contributed by atoms with Gasteiger partial charge in [0.15, 0.2) is 12.4 Å². The van der Waals surface area contributed by atoms with Crippen LogP contribution in [0.4, 0.5) is 0 Å². The van der Waals surface area contributed by atoms with Gasteiger partial charge in [-0.3, -0.25) is 0 Å². The molecule has 5 nitrogen and oxygen atoms in total. The summed E-state index contributed by atoms with van der Waals surface area (Å²) in [6.45, 7) is 5.88. The van der Waals surface area contributed by atoms with Gasteiger partial charge in [0, 0.05) is 12.5 Å². The van der Waals surface area contributed by atoms with E-state index in [1.807, 2.05) is 18.2 Å². The number of benzene rings is 1. The summed E-state index contributed by atoms with van der Waals surface area (Å²) >= 11 is 0. The molecule has 2 aromatic rings. The lowest BCUT2D eigenvalue weighted by atomic mass is 10.1. The highest BCUT2D eigenvalue weighted by atomic mass is 16.5. The minimum absolute atomic E-state index is 0.258. The van der Waals surface area contributed by atoms with Gasteiger partial charge in [0.2, 0.25) is 0 Å². The molecule has 3 rings (SSSR count). The zero-order valence-corrected chi connectivity index (χ0v) is 11.8. The maximum absolute atomic E-state index is 5.68. The summed E-state index contributed by atoms with van der Waals surface area (Å²) < 4.78 is 16.2. The van der Waals surface area contributed by atoms with Crippen LogP contribution >= 0.6 is 0 Å².